The largest absolute Gasteiger partial charge is 0.325 e. The number of carbonyl (C=O) groups excluding carboxylic acids is 1. The smallest absolute Gasteiger partial charge is 0.234 e. The second-order valence-corrected chi connectivity index (χ2v) is 7.22. The van der Waals surface area contributed by atoms with E-state index in [1.54, 1.807) is 23.1 Å². The number of thioether (sulfide) groups is 1. The first kappa shape index (κ1) is 13.9. The van der Waals surface area contributed by atoms with Crippen molar-refractivity contribution < 1.29 is 4.79 Å². The summed E-state index contributed by atoms with van der Waals surface area (Å²) in [6, 6.07) is 8.17. The fourth-order valence-corrected chi connectivity index (χ4v) is 4.20. The molecule has 0 atom stereocenters. The first-order valence-corrected chi connectivity index (χ1v) is 8.83. The van der Waals surface area contributed by atoms with E-state index in [9.17, 15) is 4.79 Å². The molecule has 3 rings (SSSR count). The van der Waals surface area contributed by atoms with E-state index >= 15 is 0 Å². The number of anilines is 1. The second kappa shape index (κ2) is 6.61. The van der Waals surface area contributed by atoms with Gasteiger partial charge < -0.3 is 10.6 Å². The topological polar surface area (TPSA) is 41.1 Å². The number of benzene rings is 1. The van der Waals surface area contributed by atoms with E-state index in [2.05, 4.69) is 28.1 Å². The Morgan fingerprint density at radius 2 is 2.20 bits per heavy atom. The van der Waals surface area contributed by atoms with Gasteiger partial charge >= 0.3 is 0 Å². The Bertz CT molecular complexity index is 590. The minimum absolute atomic E-state index is 0.100. The molecule has 1 aliphatic rings. The average molecular weight is 306 g/mol. The maximum atomic E-state index is 12.0. The minimum Gasteiger partial charge on any atom is -0.325 e. The lowest BCUT2D eigenvalue weighted by Crippen LogP contribution is -2.30. The van der Waals surface area contributed by atoms with Gasteiger partial charge in [0.25, 0.3) is 0 Å². The number of carbonyl (C=O) groups is 1. The van der Waals surface area contributed by atoms with Gasteiger partial charge in [0.15, 0.2) is 0 Å². The number of fused-ring (bicyclic) bond motifs is 1. The highest BCUT2D eigenvalue weighted by Crippen LogP contribution is 2.24. The van der Waals surface area contributed by atoms with Gasteiger partial charge in [-0.25, -0.2) is 0 Å². The molecule has 0 spiro atoms. The molecule has 1 aromatic heterocycles. The summed E-state index contributed by atoms with van der Waals surface area (Å²) in [6.45, 7) is 2.15. The predicted octanol–water partition coefficient (Wildman–Crippen LogP) is 3.33. The molecule has 20 heavy (non-hydrogen) atoms. The number of amides is 1. The summed E-state index contributed by atoms with van der Waals surface area (Å²) in [6.07, 6.45) is 2.33. The van der Waals surface area contributed by atoms with E-state index in [4.69, 9.17) is 0 Å². The van der Waals surface area contributed by atoms with Gasteiger partial charge in [0.1, 0.15) is 0 Å². The maximum Gasteiger partial charge on any atom is 0.234 e. The minimum atomic E-state index is 0.100. The molecule has 2 aromatic rings. The van der Waals surface area contributed by atoms with Crippen LogP contribution in [0.4, 0.5) is 5.69 Å². The van der Waals surface area contributed by atoms with Gasteiger partial charge in [-0.1, -0.05) is 0 Å². The van der Waals surface area contributed by atoms with Crippen molar-refractivity contribution >= 4 is 44.8 Å². The molecule has 0 aliphatic carbocycles. The quantitative estimate of drug-likeness (QED) is 0.910. The third kappa shape index (κ3) is 3.53. The van der Waals surface area contributed by atoms with Crippen molar-refractivity contribution in [3.05, 3.63) is 29.6 Å². The van der Waals surface area contributed by atoms with E-state index in [-0.39, 0.29) is 5.91 Å². The second-order valence-electron chi connectivity index (χ2n) is 4.98. The van der Waals surface area contributed by atoms with Gasteiger partial charge in [0.2, 0.25) is 5.91 Å². The van der Waals surface area contributed by atoms with E-state index in [0.29, 0.717) is 11.0 Å². The van der Waals surface area contributed by atoms with Gasteiger partial charge in [-0.3, -0.25) is 4.79 Å². The van der Waals surface area contributed by atoms with Crippen molar-refractivity contribution in [1.29, 1.82) is 0 Å². The van der Waals surface area contributed by atoms with Gasteiger partial charge in [0, 0.05) is 15.6 Å². The molecule has 5 heteroatoms. The monoisotopic (exact) mass is 306 g/mol. The fraction of sp³-hybridized carbons (Fsp3) is 0.400. The maximum absolute atomic E-state index is 12.0. The summed E-state index contributed by atoms with van der Waals surface area (Å²) in [7, 11) is 0. The Balaban J connectivity index is 1.52. The summed E-state index contributed by atoms with van der Waals surface area (Å²) in [5, 5.41) is 10.2. The lowest BCUT2D eigenvalue weighted by atomic mass is 10.2. The van der Waals surface area contributed by atoms with Crippen LogP contribution >= 0.6 is 23.1 Å². The lowest BCUT2D eigenvalue weighted by Gasteiger charge is -2.21. The Morgan fingerprint density at radius 3 is 3.05 bits per heavy atom. The van der Waals surface area contributed by atoms with E-state index < -0.39 is 0 Å². The van der Waals surface area contributed by atoms with Crippen LogP contribution in [-0.4, -0.2) is 30.0 Å². The zero-order valence-electron chi connectivity index (χ0n) is 11.2. The number of hydrogen-bond acceptors (Lipinski definition) is 4. The summed E-state index contributed by atoms with van der Waals surface area (Å²) in [5.41, 5.74) is 0.895. The highest BCUT2D eigenvalue weighted by Gasteiger charge is 2.15. The first-order chi connectivity index (χ1) is 9.81. The Kier molecular flexibility index (Phi) is 4.60. The normalized spacial score (nSPS) is 16.4. The Hall–Kier alpha value is -1.04. The molecule has 2 N–H and O–H groups in total. The van der Waals surface area contributed by atoms with E-state index in [1.807, 2.05) is 12.1 Å². The number of nitrogens with one attached hydrogen (secondary N) is 2. The number of thiophene rings is 1. The summed E-state index contributed by atoms with van der Waals surface area (Å²) in [4.78, 5) is 12.0. The van der Waals surface area contributed by atoms with Crippen LogP contribution in [0.15, 0.2) is 29.6 Å². The third-order valence-corrected chi connectivity index (χ3v) is 5.74. The molecular weight excluding hydrogens is 288 g/mol. The molecule has 0 saturated carbocycles. The summed E-state index contributed by atoms with van der Waals surface area (Å²) >= 11 is 3.50. The van der Waals surface area contributed by atoms with Gasteiger partial charge in [0.05, 0.1) is 5.75 Å². The third-order valence-electron chi connectivity index (χ3n) is 3.47. The molecule has 1 fully saturated rings. The van der Waals surface area contributed by atoms with E-state index in [0.717, 1.165) is 18.8 Å². The average Bonchev–Trinajstić information content (AvgIpc) is 2.94. The molecule has 2 heterocycles. The molecule has 1 saturated heterocycles. The van der Waals surface area contributed by atoms with Crippen molar-refractivity contribution in [2.75, 3.05) is 24.2 Å². The molecular formula is C15H18N2OS2. The van der Waals surface area contributed by atoms with Crippen molar-refractivity contribution in [3.8, 4) is 0 Å². The standard InChI is InChI=1S/C15H18N2OS2/c18-15(10-20-13-3-6-16-7-4-13)17-12-1-2-14-11(9-12)5-8-19-14/h1-2,5,8-9,13,16H,3-4,6-7,10H2,(H,17,18). The molecule has 106 valence electrons. The summed E-state index contributed by atoms with van der Waals surface area (Å²) in [5.74, 6) is 0.648. The summed E-state index contributed by atoms with van der Waals surface area (Å²) < 4.78 is 1.26. The van der Waals surface area contributed by atoms with Crippen LogP contribution in [0, 0.1) is 0 Å². The van der Waals surface area contributed by atoms with Crippen LogP contribution < -0.4 is 10.6 Å². The SMILES string of the molecule is O=C(CSC1CCNCC1)Nc1ccc2sccc2c1. The number of hydrogen-bond donors (Lipinski definition) is 2. The van der Waals surface area contributed by atoms with Crippen molar-refractivity contribution in [3.63, 3.8) is 0 Å². The van der Waals surface area contributed by atoms with Crippen molar-refractivity contribution in [1.82, 2.24) is 5.32 Å². The zero-order valence-corrected chi connectivity index (χ0v) is 12.9. The predicted molar refractivity (Wildman–Crippen MR) is 88.8 cm³/mol. The van der Waals surface area contributed by atoms with Crippen LogP contribution in [0.25, 0.3) is 10.1 Å². The lowest BCUT2D eigenvalue weighted by molar-refractivity contribution is -0.113. The highest BCUT2D eigenvalue weighted by atomic mass is 32.2. The number of rotatable bonds is 4. The number of piperidine rings is 1. The van der Waals surface area contributed by atoms with E-state index in [1.165, 1.54) is 22.9 Å². The molecule has 0 radical (unpaired) electrons. The van der Waals surface area contributed by atoms with Gasteiger partial charge in [-0.15, -0.1) is 23.1 Å². The van der Waals surface area contributed by atoms with Crippen LogP contribution in [0.2, 0.25) is 0 Å². The van der Waals surface area contributed by atoms with Gasteiger partial charge in [-0.05, 0) is 61.0 Å². The van der Waals surface area contributed by atoms with Crippen LogP contribution in [0.1, 0.15) is 12.8 Å². The molecule has 1 amide bonds. The van der Waals surface area contributed by atoms with Crippen LogP contribution in [-0.2, 0) is 4.79 Å². The molecule has 1 aromatic carbocycles. The van der Waals surface area contributed by atoms with Crippen LogP contribution in [0.5, 0.6) is 0 Å². The highest BCUT2D eigenvalue weighted by molar-refractivity contribution is 8.00. The Labute approximate surface area is 127 Å². The first-order valence-electron chi connectivity index (χ1n) is 6.91. The van der Waals surface area contributed by atoms with Crippen LogP contribution in [0.3, 0.4) is 0 Å². The van der Waals surface area contributed by atoms with Crippen molar-refractivity contribution in [2.45, 2.75) is 18.1 Å². The zero-order chi connectivity index (χ0) is 13.8. The molecule has 3 nitrogen and oxygen atoms in total. The van der Waals surface area contributed by atoms with Gasteiger partial charge in [-0.2, -0.15) is 0 Å². The Morgan fingerprint density at radius 1 is 1.35 bits per heavy atom. The fourth-order valence-electron chi connectivity index (χ4n) is 2.40. The molecule has 0 bridgehead atoms. The molecule has 0 unspecified atom stereocenters. The van der Waals surface area contributed by atoms with Crippen molar-refractivity contribution in [2.24, 2.45) is 0 Å². The molecule has 1 aliphatic heterocycles.